The number of thiazole rings is 1. The van der Waals surface area contributed by atoms with E-state index < -0.39 is 0 Å². The minimum absolute atomic E-state index is 0.230. The molecule has 0 saturated heterocycles. The summed E-state index contributed by atoms with van der Waals surface area (Å²) in [6, 6.07) is 0. The van der Waals surface area contributed by atoms with Crippen LogP contribution in [0.3, 0.4) is 0 Å². The molecule has 0 spiro atoms. The SMILES string of the molecule is CCc1csc(NC(CC)(CCl)CCl)n1. The predicted octanol–water partition coefficient (Wildman–Crippen LogP) is 3.74. The van der Waals surface area contributed by atoms with Crippen molar-refractivity contribution in [3.05, 3.63) is 11.1 Å². The Hall–Kier alpha value is 0.01000. The Morgan fingerprint density at radius 3 is 2.47 bits per heavy atom. The van der Waals surface area contributed by atoms with Crippen LogP contribution >= 0.6 is 34.5 Å². The van der Waals surface area contributed by atoms with Crippen LogP contribution in [0, 0.1) is 0 Å². The van der Waals surface area contributed by atoms with Gasteiger partial charge in [0.25, 0.3) is 0 Å². The fraction of sp³-hybridized carbons (Fsp3) is 0.700. The number of aromatic nitrogens is 1. The van der Waals surface area contributed by atoms with Gasteiger partial charge in [-0.1, -0.05) is 13.8 Å². The van der Waals surface area contributed by atoms with Crippen molar-refractivity contribution < 1.29 is 0 Å². The molecule has 0 saturated carbocycles. The quantitative estimate of drug-likeness (QED) is 0.794. The highest BCUT2D eigenvalue weighted by Gasteiger charge is 2.26. The van der Waals surface area contributed by atoms with Crippen LogP contribution in [0.15, 0.2) is 5.38 Å². The number of alkyl halides is 2. The lowest BCUT2D eigenvalue weighted by molar-refractivity contribution is 0.559. The molecule has 0 aliphatic rings. The monoisotopic (exact) mass is 266 g/mol. The molecular weight excluding hydrogens is 251 g/mol. The Morgan fingerprint density at radius 1 is 1.40 bits per heavy atom. The Bertz CT molecular complexity index is 289. The molecule has 15 heavy (non-hydrogen) atoms. The van der Waals surface area contributed by atoms with E-state index >= 15 is 0 Å². The molecule has 0 aromatic carbocycles. The standard InChI is InChI=1S/C10H16Cl2N2S/c1-3-8-5-15-9(13-8)14-10(4-2,6-11)7-12/h5H,3-4,6-7H2,1-2H3,(H,13,14). The van der Waals surface area contributed by atoms with Crippen molar-refractivity contribution >= 4 is 39.7 Å². The molecule has 0 bridgehead atoms. The van der Waals surface area contributed by atoms with E-state index in [1.54, 1.807) is 11.3 Å². The van der Waals surface area contributed by atoms with E-state index in [1.807, 2.05) is 0 Å². The van der Waals surface area contributed by atoms with E-state index in [9.17, 15) is 0 Å². The van der Waals surface area contributed by atoms with Gasteiger partial charge in [0, 0.05) is 17.1 Å². The second-order valence-electron chi connectivity index (χ2n) is 3.52. The van der Waals surface area contributed by atoms with Crippen molar-refractivity contribution in [1.82, 2.24) is 4.98 Å². The van der Waals surface area contributed by atoms with Gasteiger partial charge in [0.15, 0.2) is 5.13 Å². The second-order valence-corrected chi connectivity index (χ2v) is 4.92. The van der Waals surface area contributed by atoms with Crippen LogP contribution in [0.2, 0.25) is 0 Å². The molecule has 1 heterocycles. The third kappa shape index (κ3) is 3.23. The average Bonchev–Trinajstić information content (AvgIpc) is 2.73. The lowest BCUT2D eigenvalue weighted by atomic mass is 10.0. The topological polar surface area (TPSA) is 24.9 Å². The lowest BCUT2D eigenvalue weighted by Crippen LogP contribution is -2.41. The van der Waals surface area contributed by atoms with Gasteiger partial charge in [-0.25, -0.2) is 4.98 Å². The molecule has 2 nitrogen and oxygen atoms in total. The molecule has 86 valence electrons. The van der Waals surface area contributed by atoms with Gasteiger partial charge in [0.1, 0.15) is 0 Å². The molecule has 0 aliphatic heterocycles. The Labute approximate surface area is 105 Å². The molecule has 0 aliphatic carbocycles. The fourth-order valence-corrected chi connectivity index (χ4v) is 2.84. The average molecular weight is 267 g/mol. The molecule has 0 radical (unpaired) electrons. The Morgan fingerprint density at radius 2 is 2.07 bits per heavy atom. The number of aryl methyl sites for hydroxylation is 1. The van der Waals surface area contributed by atoms with E-state index in [0.29, 0.717) is 11.8 Å². The van der Waals surface area contributed by atoms with Crippen molar-refractivity contribution in [2.24, 2.45) is 0 Å². The summed E-state index contributed by atoms with van der Waals surface area (Å²) < 4.78 is 0. The van der Waals surface area contributed by atoms with Gasteiger partial charge in [-0.15, -0.1) is 34.5 Å². The first kappa shape index (κ1) is 13.1. The number of halogens is 2. The molecule has 1 aromatic heterocycles. The van der Waals surface area contributed by atoms with Gasteiger partial charge in [-0.2, -0.15) is 0 Å². The van der Waals surface area contributed by atoms with Gasteiger partial charge in [-0.05, 0) is 12.8 Å². The van der Waals surface area contributed by atoms with E-state index in [1.165, 1.54) is 0 Å². The minimum Gasteiger partial charge on any atom is -0.354 e. The Kier molecular flexibility index (Phi) is 5.16. The summed E-state index contributed by atoms with van der Waals surface area (Å²) >= 11 is 13.5. The molecular formula is C10H16Cl2N2S. The summed E-state index contributed by atoms with van der Waals surface area (Å²) in [4.78, 5) is 4.45. The second kappa shape index (κ2) is 5.92. The minimum atomic E-state index is -0.230. The van der Waals surface area contributed by atoms with Crippen LogP contribution in [0.1, 0.15) is 26.0 Å². The molecule has 5 heteroatoms. The third-order valence-electron chi connectivity index (χ3n) is 2.47. The largest absolute Gasteiger partial charge is 0.354 e. The van der Waals surface area contributed by atoms with Gasteiger partial charge in [-0.3, -0.25) is 0 Å². The smallest absolute Gasteiger partial charge is 0.183 e. The highest BCUT2D eigenvalue weighted by molar-refractivity contribution is 7.13. The van der Waals surface area contributed by atoms with Crippen molar-refractivity contribution in [2.45, 2.75) is 32.2 Å². The maximum absolute atomic E-state index is 5.95. The predicted molar refractivity (Wildman–Crippen MR) is 69.6 cm³/mol. The van der Waals surface area contributed by atoms with Gasteiger partial charge < -0.3 is 5.32 Å². The van der Waals surface area contributed by atoms with Crippen molar-refractivity contribution in [1.29, 1.82) is 0 Å². The molecule has 1 N–H and O–H groups in total. The van der Waals surface area contributed by atoms with Gasteiger partial charge >= 0.3 is 0 Å². The summed E-state index contributed by atoms with van der Waals surface area (Å²) in [7, 11) is 0. The number of hydrogen-bond acceptors (Lipinski definition) is 3. The zero-order valence-electron chi connectivity index (χ0n) is 9.02. The van der Waals surface area contributed by atoms with E-state index in [2.05, 4.69) is 29.5 Å². The molecule has 1 aromatic rings. The van der Waals surface area contributed by atoms with Crippen LogP contribution in [-0.4, -0.2) is 22.3 Å². The maximum atomic E-state index is 5.95. The normalized spacial score (nSPS) is 11.7. The van der Waals surface area contributed by atoms with Crippen molar-refractivity contribution in [2.75, 3.05) is 17.1 Å². The number of anilines is 1. The third-order valence-corrected chi connectivity index (χ3v) is 4.30. The summed E-state index contributed by atoms with van der Waals surface area (Å²) in [5, 5.41) is 6.31. The van der Waals surface area contributed by atoms with Crippen molar-refractivity contribution in [3.8, 4) is 0 Å². The van der Waals surface area contributed by atoms with Gasteiger partial charge in [0.2, 0.25) is 0 Å². The Balaban J connectivity index is 2.73. The lowest BCUT2D eigenvalue weighted by Gasteiger charge is -2.29. The van der Waals surface area contributed by atoms with Crippen LogP contribution in [0.25, 0.3) is 0 Å². The summed E-state index contributed by atoms with van der Waals surface area (Å²) in [5.74, 6) is 0.988. The molecule has 0 atom stereocenters. The highest BCUT2D eigenvalue weighted by atomic mass is 35.5. The molecule has 0 amide bonds. The van der Waals surface area contributed by atoms with Crippen molar-refractivity contribution in [3.63, 3.8) is 0 Å². The number of hydrogen-bond donors (Lipinski definition) is 1. The summed E-state index contributed by atoms with van der Waals surface area (Å²) in [6.07, 6.45) is 1.85. The van der Waals surface area contributed by atoms with E-state index in [-0.39, 0.29) is 5.54 Å². The fourth-order valence-electron chi connectivity index (χ4n) is 1.13. The zero-order chi connectivity index (χ0) is 11.3. The van der Waals surface area contributed by atoms with Crippen LogP contribution in [-0.2, 0) is 6.42 Å². The van der Waals surface area contributed by atoms with Crippen LogP contribution in [0.5, 0.6) is 0 Å². The first-order valence-corrected chi connectivity index (χ1v) is 6.99. The summed E-state index contributed by atoms with van der Waals surface area (Å²) in [6.45, 7) is 4.17. The maximum Gasteiger partial charge on any atom is 0.183 e. The van der Waals surface area contributed by atoms with Gasteiger partial charge in [0.05, 0.1) is 11.2 Å². The zero-order valence-corrected chi connectivity index (χ0v) is 11.3. The molecule has 0 unspecified atom stereocenters. The van der Waals surface area contributed by atoms with E-state index in [0.717, 1.165) is 23.7 Å². The number of nitrogens with one attached hydrogen (secondary N) is 1. The van der Waals surface area contributed by atoms with Crippen LogP contribution in [0.4, 0.5) is 5.13 Å². The van der Waals surface area contributed by atoms with E-state index in [4.69, 9.17) is 23.2 Å². The summed E-state index contributed by atoms with van der Waals surface area (Å²) in [5.41, 5.74) is 0.878. The van der Waals surface area contributed by atoms with Crippen LogP contribution < -0.4 is 5.32 Å². The highest BCUT2D eigenvalue weighted by Crippen LogP contribution is 2.24. The first-order valence-electron chi connectivity index (χ1n) is 5.04. The first-order chi connectivity index (χ1) is 7.19. The number of nitrogens with zero attached hydrogens (tertiary/aromatic N) is 1. The number of rotatable bonds is 6. The molecule has 0 fully saturated rings. The molecule has 1 rings (SSSR count).